The number of halogens is 1. The predicted molar refractivity (Wildman–Crippen MR) is 115 cm³/mol. The summed E-state index contributed by atoms with van der Waals surface area (Å²) in [5.41, 5.74) is 4.66. The van der Waals surface area contributed by atoms with E-state index in [-0.39, 0.29) is 0 Å². The first kappa shape index (κ1) is 25.0. The molecule has 0 unspecified atom stereocenters. The largest absolute Gasteiger partial charge is 0.421 e. The van der Waals surface area contributed by atoms with E-state index in [1.807, 2.05) is 18.2 Å². The minimum atomic E-state index is -0.507. The van der Waals surface area contributed by atoms with Crippen molar-refractivity contribution in [3.05, 3.63) is 59.2 Å². The molecule has 1 N–H and O–H groups in total. The number of hydrogen-bond acceptors (Lipinski definition) is 4. The summed E-state index contributed by atoms with van der Waals surface area (Å²) in [5.74, 6) is 1.03. The van der Waals surface area contributed by atoms with Gasteiger partial charge in [-0.1, -0.05) is 71.0 Å². The van der Waals surface area contributed by atoms with Crippen LogP contribution < -0.4 is 10.2 Å². The highest BCUT2D eigenvalue weighted by atomic mass is 35.5. The first-order valence-electron chi connectivity index (χ1n) is 8.97. The van der Waals surface area contributed by atoms with E-state index in [1.54, 1.807) is 13.0 Å². The van der Waals surface area contributed by atoms with Crippen LogP contribution in [0.1, 0.15) is 53.0 Å². The number of allylic oxidation sites excluding steroid dienone is 3. The van der Waals surface area contributed by atoms with Gasteiger partial charge in [0, 0.05) is 5.03 Å². The van der Waals surface area contributed by atoms with Gasteiger partial charge in [-0.15, -0.1) is 0 Å². The fourth-order valence-electron chi connectivity index (χ4n) is 1.80. The molecule has 0 amide bonds. The van der Waals surface area contributed by atoms with Crippen LogP contribution in [0.4, 0.5) is 5.69 Å². The van der Waals surface area contributed by atoms with Crippen LogP contribution in [-0.2, 0) is 9.63 Å². The molecule has 0 aromatic heterocycles. The zero-order chi connectivity index (χ0) is 21.0. The van der Waals surface area contributed by atoms with E-state index in [2.05, 4.69) is 46.7 Å². The Balaban J connectivity index is 0.00000153. The highest BCUT2D eigenvalue weighted by Gasteiger charge is 2.14. The Bertz CT molecular complexity index is 673. The second-order valence-corrected chi connectivity index (χ2v) is 7.25. The number of benzene rings is 1. The van der Waals surface area contributed by atoms with Gasteiger partial charge in [0.2, 0.25) is 0 Å². The number of carbonyl (C=O) groups excluding carboxylic acids is 1. The van der Waals surface area contributed by atoms with E-state index < -0.39 is 5.97 Å². The Morgan fingerprint density at radius 3 is 2.26 bits per heavy atom. The third kappa shape index (κ3) is 10.0. The van der Waals surface area contributed by atoms with Gasteiger partial charge in [0.15, 0.2) is 5.75 Å². The van der Waals surface area contributed by atoms with Crippen LogP contribution in [0.3, 0.4) is 0 Å². The molecule has 0 aliphatic carbocycles. The molecule has 0 heterocycles. The number of rotatable bonds is 7. The highest BCUT2D eigenvalue weighted by Crippen LogP contribution is 2.30. The van der Waals surface area contributed by atoms with Crippen LogP contribution in [0.25, 0.3) is 0 Å². The lowest BCUT2D eigenvalue weighted by atomic mass is 10.0. The van der Waals surface area contributed by atoms with Gasteiger partial charge in [-0.2, -0.15) is 0 Å². The second kappa shape index (κ2) is 13.2. The van der Waals surface area contributed by atoms with Gasteiger partial charge >= 0.3 is 5.97 Å². The van der Waals surface area contributed by atoms with Gasteiger partial charge in [-0.05, 0) is 42.5 Å². The second-order valence-electron chi connectivity index (χ2n) is 6.82. The minimum absolute atomic E-state index is 0.306. The van der Waals surface area contributed by atoms with E-state index in [0.717, 1.165) is 11.5 Å². The molecule has 0 aliphatic heterocycles. The summed E-state index contributed by atoms with van der Waals surface area (Å²) in [6.45, 7) is 15.9. The summed E-state index contributed by atoms with van der Waals surface area (Å²) in [4.78, 5) is 17.3. The van der Waals surface area contributed by atoms with Crippen molar-refractivity contribution < 1.29 is 14.4 Å². The number of hydrogen-bond donors (Lipinski definition) is 1. The summed E-state index contributed by atoms with van der Waals surface area (Å²) >= 11 is 5.90. The maximum atomic E-state index is 12.3. The van der Waals surface area contributed by atoms with Crippen molar-refractivity contribution in [1.29, 1.82) is 0 Å². The predicted octanol–water partition coefficient (Wildman–Crippen LogP) is 6.61. The van der Waals surface area contributed by atoms with Crippen LogP contribution in [0.2, 0.25) is 0 Å². The SMILES string of the molecule is C=C/C(Cl)=C\C(=C/C)C(=O)Oc1cc(C(C)C)ccc1NOC.CC(C)C. The molecule has 0 aliphatic rings. The van der Waals surface area contributed by atoms with Crippen molar-refractivity contribution in [1.82, 2.24) is 0 Å². The van der Waals surface area contributed by atoms with Gasteiger partial charge in [-0.25, -0.2) is 4.79 Å². The summed E-state index contributed by atoms with van der Waals surface area (Å²) in [7, 11) is 1.49. The Hall–Kier alpha value is -2.04. The topological polar surface area (TPSA) is 47.6 Å². The van der Waals surface area contributed by atoms with Gasteiger partial charge in [-0.3, -0.25) is 10.3 Å². The Morgan fingerprint density at radius 1 is 1.22 bits per heavy atom. The third-order valence-electron chi connectivity index (χ3n) is 3.12. The van der Waals surface area contributed by atoms with Crippen molar-refractivity contribution in [3.8, 4) is 5.75 Å². The summed E-state index contributed by atoms with van der Waals surface area (Å²) in [6.07, 6.45) is 4.59. The molecule has 0 saturated carbocycles. The third-order valence-corrected chi connectivity index (χ3v) is 3.39. The molecule has 0 bridgehead atoms. The fraction of sp³-hybridized carbons (Fsp3) is 0.409. The van der Waals surface area contributed by atoms with Gasteiger partial charge in [0.05, 0.1) is 12.7 Å². The lowest BCUT2D eigenvalue weighted by Gasteiger charge is -2.14. The lowest BCUT2D eigenvalue weighted by molar-refractivity contribution is -0.129. The average molecular weight is 394 g/mol. The fourth-order valence-corrected chi connectivity index (χ4v) is 1.92. The molecule has 4 nitrogen and oxygen atoms in total. The number of anilines is 1. The molecular weight excluding hydrogens is 362 g/mol. The van der Waals surface area contributed by atoms with E-state index in [4.69, 9.17) is 21.2 Å². The molecule has 27 heavy (non-hydrogen) atoms. The Kier molecular flexibility index (Phi) is 12.2. The van der Waals surface area contributed by atoms with Gasteiger partial charge in [0.1, 0.15) is 5.69 Å². The molecule has 1 aromatic rings. The Morgan fingerprint density at radius 2 is 1.81 bits per heavy atom. The van der Waals surface area contributed by atoms with E-state index in [0.29, 0.717) is 28.0 Å². The van der Waals surface area contributed by atoms with Crippen molar-refractivity contribution in [2.75, 3.05) is 12.6 Å². The molecule has 0 radical (unpaired) electrons. The van der Waals surface area contributed by atoms with E-state index >= 15 is 0 Å². The number of esters is 1. The quantitative estimate of drug-likeness (QED) is 0.186. The zero-order valence-corrected chi connectivity index (χ0v) is 18.2. The standard InChI is InChI=1S/C18H22ClNO3.C4H10/c1-6-13(10-15(19)7-2)18(21)23-17-11-14(12(3)4)8-9-16(17)20-22-5;1-4(2)3/h6-12,20H,2H2,1,3-5H3;4H,1-3H3/b13-6+,15-10+;. The number of carbonyl (C=O) groups is 1. The maximum Gasteiger partial charge on any atom is 0.343 e. The van der Waals surface area contributed by atoms with Gasteiger partial charge in [0.25, 0.3) is 0 Å². The van der Waals surface area contributed by atoms with Crippen LogP contribution in [0.5, 0.6) is 5.75 Å². The van der Waals surface area contributed by atoms with Crippen molar-refractivity contribution in [2.45, 2.75) is 47.5 Å². The Labute approximate surface area is 168 Å². The zero-order valence-electron chi connectivity index (χ0n) is 17.4. The normalized spacial score (nSPS) is 11.8. The molecule has 1 aromatic carbocycles. The minimum Gasteiger partial charge on any atom is -0.421 e. The molecular formula is C22H32ClNO3. The molecule has 150 valence electrons. The van der Waals surface area contributed by atoms with E-state index in [9.17, 15) is 4.79 Å². The monoisotopic (exact) mass is 393 g/mol. The molecule has 0 atom stereocenters. The van der Waals surface area contributed by atoms with E-state index in [1.165, 1.54) is 19.3 Å². The molecule has 1 rings (SSSR count). The first-order valence-corrected chi connectivity index (χ1v) is 9.35. The van der Waals surface area contributed by atoms with Crippen molar-refractivity contribution >= 4 is 23.3 Å². The maximum absolute atomic E-state index is 12.3. The average Bonchev–Trinajstić information content (AvgIpc) is 2.60. The molecule has 0 spiro atoms. The lowest BCUT2D eigenvalue weighted by Crippen LogP contribution is -2.12. The van der Waals surface area contributed by atoms with Gasteiger partial charge < -0.3 is 4.74 Å². The summed E-state index contributed by atoms with van der Waals surface area (Å²) in [6, 6.07) is 5.58. The highest BCUT2D eigenvalue weighted by molar-refractivity contribution is 6.31. The molecule has 0 saturated heterocycles. The first-order chi connectivity index (χ1) is 12.7. The van der Waals surface area contributed by atoms with Crippen LogP contribution in [-0.4, -0.2) is 13.1 Å². The van der Waals surface area contributed by atoms with Crippen LogP contribution in [0.15, 0.2) is 53.6 Å². The van der Waals surface area contributed by atoms with Crippen molar-refractivity contribution in [2.24, 2.45) is 5.92 Å². The number of ether oxygens (including phenoxy) is 1. The molecule has 0 fully saturated rings. The summed E-state index contributed by atoms with van der Waals surface area (Å²) < 4.78 is 5.50. The summed E-state index contributed by atoms with van der Waals surface area (Å²) in [5, 5.41) is 0.362. The van der Waals surface area contributed by atoms with Crippen LogP contribution in [0, 0.1) is 5.92 Å². The number of nitrogens with one attached hydrogen (secondary N) is 1. The molecule has 5 heteroatoms. The smallest absolute Gasteiger partial charge is 0.343 e. The van der Waals surface area contributed by atoms with Crippen LogP contribution >= 0.6 is 11.6 Å². The van der Waals surface area contributed by atoms with Crippen molar-refractivity contribution in [3.63, 3.8) is 0 Å².